The maximum Gasteiger partial charge on any atom is 0.408 e. The first-order chi connectivity index (χ1) is 14.5. The molecule has 1 fully saturated rings. The number of nitrogens with one attached hydrogen (secondary N) is 1. The number of carbonyl (C=O) groups is 1. The number of piperazine rings is 1. The summed E-state index contributed by atoms with van der Waals surface area (Å²) in [6.07, 6.45) is 0.860. The number of hydrogen-bond donors (Lipinski definition) is 2. The number of hydrogen-bond acceptors (Lipinski definition) is 3. The molecule has 154 valence electrons. The molecule has 0 saturated carbocycles. The van der Waals surface area contributed by atoms with Gasteiger partial charge in [0.1, 0.15) is 11.2 Å². The predicted octanol–water partition coefficient (Wildman–Crippen LogP) is 4.00. The van der Waals surface area contributed by atoms with Crippen LogP contribution >= 0.6 is 11.6 Å². The highest BCUT2D eigenvalue weighted by Gasteiger charge is 2.50. The number of fused-ring (bicyclic) bond motifs is 3. The van der Waals surface area contributed by atoms with Crippen LogP contribution in [0.25, 0.3) is 11.1 Å². The zero-order valence-corrected chi connectivity index (χ0v) is 17.5. The molecular formula is C23H23ClN4O2. The first-order valence-electron chi connectivity index (χ1n) is 10.1. The van der Waals surface area contributed by atoms with Crippen LogP contribution in [-0.4, -0.2) is 57.9 Å². The number of aromatic nitrogens is 2. The second-order valence-corrected chi connectivity index (χ2v) is 8.56. The van der Waals surface area contributed by atoms with E-state index < -0.39 is 11.6 Å². The fourth-order valence-electron chi connectivity index (χ4n) is 4.98. The lowest BCUT2D eigenvalue weighted by Crippen LogP contribution is -2.61. The van der Waals surface area contributed by atoms with Gasteiger partial charge in [0.05, 0.1) is 0 Å². The number of nitrogens with zero attached hydrogens (tertiary/aromatic N) is 3. The molecule has 2 N–H and O–H groups in total. The Balaban J connectivity index is 1.81. The average Bonchev–Trinajstić information content (AvgIpc) is 3.19. The van der Waals surface area contributed by atoms with E-state index in [1.165, 1.54) is 5.56 Å². The molecule has 1 aliphatic carbocycles. The Bertz CT molecular complexity index is 1110. The van der Waals surface area contributed by atoms with Gasteiger partial charge in [-0.15, -0.1) is 0 Å². The summed E-state index contributed by atoms with van der Waals surface area (Å²) in [5.41, 5.74) is 5.21. The third-order valence-corrected chi connectivity index (χ3v) is 6.63. The minimum atomic E-state index is -0.945. The van der Waals surface area contributed by atoms with Gasteiger partial charge in [0.2, 0.25) is 0 Å². The van der Waals surface area contributed by atoms with Crippen LogP contribution < -0.4 is 0 Å². The van der Waals surface area contributed by atoms with Gasteiger partial charge in [-0.3, -0.25) is 10.00 Å². The normalized spacial score (nSPS) is 21.2. The smallest absolute Gasteiger partial charge is 0.408 e. The molecular weight excluding hydrogens is 400 g/mol. The minimum absolute atomic E-state index is 0.401. The van der Waals surface area contributed by atoms with Crippen molar-refractivity contribution in [1.82, 2.24) is 20.0 Å². The van der Waals surface area contributed by atoms with Crippen molar-refractivity contribution in [2.75, 3.05) is 26.7 Å². The molecule has 0 radical (unpaired) electrons. The first-order valence-corrected chi connectivity index (χ1v) is 10.5. The zero-order chi connectivity index (χ0) is 20.9. The highest BCUT2D eigenvalue weighted by molar-refractivity contribution is 6.30. The van der Waals surface area contributed by atoms with Crippen LogP contribution in [0, 0.1) is 0 Å². The van der Waals surface area contributed by atoms with Crippen molar-refractivity contribution in [3.8, 4) is 11.1 Å². The van der Waals surface area contributed by atoms with Crippen molar-refractivity contribution in [2.45, 2.75) is 18.4 Å². The van der Waals surface area contributed by atoms with E-state index in [0.717, 1.165) is 40.9 Å². The molecule has 5 rings (SSSR count). The van der Waals surface area contributed by atoms with Crippen molar-refractivity contribution in [3.05, 3.63) is 76.1 Å². The van der Waals surface area contributed by atoms with E-state index >= 15 is 0 Å². The molecule has 1 aliphatic heterocycles. The third kappa shape index (κ3) is 2.82. The van der Waals surface area contributed by atoms with Crippen LogP contribution in [0.1, 0.15) is 22.5 Å². The summed E-state index contributed by atoms with van der Waals surface area (Å²) in [6, 6.07) is 15.8. The van der Waals surface area contributed by atoms with Gasteiger partial charge in [-0.2, -0.15) is 5.10 Å². The summed E-state index contributed by atoms with van der Waals surface area (Å²) in [4.78, 5) is 16.2. The van der Waals surface area contributed by atoms with E-state index in [0.29, 0.717) is 24.7 Å². The molecule has 7 heteroatoms. The average molecular weight is 423 g/mol. The van der Waals surface area contributed by atoms with Crippen molar-refractivity contribution < 1.29 is 9.90 Å². The lowest BCUT2D eigenvalue weighted by Gasteiger charge is -2.48. The number of benzene rings is 2. The molecule has 1 saturated heterocycles. The van der Waals surface area contributed by atoms with Crippen molar-refractivity contribution in [2.24, 2.45) is 0 Å². The van der Waals surface area contributed by atoms with E-state index in [1.807, 2.05) is 37.4 Å². The largest absolute Gasteiger partial charge is 0.465 e. The van der Waals surface area contributed by atoms with Crippen molar-refractivity contribution >= 4 is 17.7 Å². The van der Waals surface area contributed by atoms with Crippen LogP contribution in [0.3, 0.4) is 0 Å². The molecule has 6 nitrogen and oxygen atoms in total. The summed E-state index contributed by atoms with van der Waals surface area (Å²) in [5, 5.41) is 18.8. The van der Waals surface area contributed by atoms with E-state index in [9.17, 15) is 9.90 Å². The quantitative estimate of drug-likeness (QED) is 0.654. The molecule has 1 unspecified atom stereocenters. The number of aryl methyl sites for hydroxylation is 2. The Hall–Kier alpha value is -2.83. The Morgan fingerprint density at radius 3 is 2.67 bits per heavy atom. The molecule has 0 bridgehead atoms. The highest BCUT2D eigenvalue weighted by atomic mass is 35.5. The monoisotopic (exact) mass is 422 g/mol. The van der Waals surface area contributed by atoms with Gasteiger partial charge in [0.25, 0.3) is 0 Å². The molecule has 0 spiro atoms. The number of H-pyrrole nitrogens is 1. The molecule has 2 aromatic carbocycles. The highest BCUT2D eigenvalue weighted by Crippen LogP contribution is 2.45. The fraction of sp³-hybridized carbons (Fsp3) is 0.304. The zero-order valence-electron chi connectivity index (χ0n) is 16.7. The predicted molar refractivity (Wildman–Crippen MR) is 116 cm³/mol. The third-order valence-electron chi connectivity index (χ3n) is 6.38. The van der Waals surface area contributed by atoms with E-state index in [-0.39, 0.29) is 0 Å². The number of amides is 1. The SMILES string of the molecule is CN1CCN(C(=O)O)C(c2ccc(Cl)cc2)(c2n[nH]c3c2-c2ccccc2CC3)C1. The molecule has 1 amide bonds. The fourth-order valence-corrected chi connectivity index (χ4v) is 5.10. The van der Waals surface area contributed by atoms with Crippen LogP contribution in [0.2, 0.25) is 5.02 Å². The lowest BCUT2D eigenvalue weighted by molar-refractivity contribution is 0.0333. The molecule has 1 atom stereocenters. The van der Waals surface area contributed by atoms with Gasteiger partial charge < -0.3 is 10.0 Å². The maximum atomic E-state index is 12.5. The second kappa shape index (κ2) is 7.15. The first kappa shape index (κ1) is 19.2. The topological polar surface area (TPSA) is 72.5 Å². The number of aromatic amines is 1. The number of carboxylic acid groups (broad SMARTS) is 1. The van der Waals surface area contributed by atoms with Crippen LogP contribution in [0.15, 0.2) is 48.5 Å². The summed E-state index contributed by atoms with van der Waals surface area (Å²) >= 11 is 6.17. The summed E-state index contributed by atoms with van der Waals surface area (Å²) in [6.45, 7) is 1.59. The Morgan fingerprint density at radius 1 is 1.13 bits per heavy atom. The van der Waals surface area contributed by atoms with Gasteiger partial charge in [0.15, 0.2) is 0 Å². The summed E-state index contributed by atoms with van der Waals surface area (Å²) in [7, 11) is 2.02. The van der Waals surface area contributed by atoms with Gasteiger partial charge in [-0.1, -0.05) is 48.0 Å². The van der Waals surface area contributed by atoms with Crippen molar-refractivity contribution in [3.63, 3.8) is 0 Å². The number of rotatable bonds is 2. The number of halogens is 1. The van der Waals surface area contributed by atoms with E-state index in [4.69, 9.17) is 16.7 Å². The Morgan fingerprint density at radius 2 is 1.90 bits per heavy atom. The number of likely N-dealkylation sites (N-methyl/N-ethyl adjacent to an activating group) is 1. The standard InChI is InChI=1S/C23H23ClN4O2/c1-27-12-13-28(22(29)30)23(14-27,16-7-9-17(24)10-8-16)21-20-18-5-3-2-4-15(18)6-11-19(20)25-26-21/h2-5,7-10H,6,11-14H2,1H3,(H,25,26)(H,29,30). The van der Waals surface area contributed by atoms with Gasteiger partial charge in [-0.05, 0) is 48.7 Å². The summed E-state index contributed by atoms with van der Waals surface area (Å²) in [5.74, 6) is 0. The molecule has 3 aromatic rings. The van der Waals surface area contributed by atoms with Gasteiger partial charge >= 0.3 is 6.09 Å². The Kier molecular flexibility index (Phi) is 4.56. The lowest BCUT2D eigenvalue weighted by atomic mass is 9.77. The van der Waals surface area contributed by atoms with Crippen LogP contribution in [0.5, 0.6) is 0 Å². The van der Waals surface area contributed by atoms with E-state index in [1.54, 1.807) is 4.90 Å². The van der Waals surface area contributed by atoms with Gasteiger partial charge in [0, 0.05) is 35.9 Å². The van der Waals surface area contributed by atoms with Crippen LogP contribution in [0.4, 0.5) is 4.79 Å². The van der Waals surface area contributed by atoms with Gasteiger partial charge in [-0.25, -0.2) is 4.79 Å². The maximum absolute atomic E-state index is 12.5. The van der Waals surface area contributed by atoms with Crippen LogP contribution in [-0.2, 0) is 18.4 Å². The Labute approximate surface area is 180 Å². The molecule has 2 aliphatic rings. The molecule has 2 heterocycles. The molecule has 30 heavy (non-hydrogen) atoms. The summed E-state index contributed by atoms with van der Waals surface area (Å²) < 4.78 is 0. The van der Waals surface area contributed by atoms with E-state index in [2.05, 4.69) is 28.2 Å². The molecule has 1 aromatic heterocycles. The minimum Gasteiger partial charge on any atom is -0.465 e. The second-order valence-electron chi connectivity index (χ2n) is 8.12. The van der Waals surface area contributed by atoms with Crippen molar-refractivity contribution in [1.29, 1.82) is 0 Å².